The van der Waals surface area contributed by atoms with E-state index in [9.17, 15) is 19.5 Å². The fraction of sp³-hybridized carbons (Fsp3) is 0.222. The Morgan fingerprint density at radius 2 is 1.54 bits per heavy atom. The maximum Gasteiger partial charge on any atom is 0.337 e. The molecule has 3 N–H and O–H groups in total. The fourth-order valence-electron chi connectivity index (χ4n) is 3.32. The summed E-state index contributed by atoms with van der Waals surface area (Å²) in [6.45, 7) is 6.02. The molecule has 35 heavy (non-hydrogen) atoms. The van der Waals surface area contributed by atoms with Gasteiger partial charge in [0, 0.05) is 22.7 Å². The molecule has 8 heteroatoms. The molecule has 0 radical (unpaired) electrons. The molecule has 0 aliphatic rings. The van der Waals surface area contributed by atoms with Crippen molar-refractivity contribution < 1.29 is 19.5 Å². The number of benzene rings is 3. The van der Waals surface area contributed by atoms with Crippen LogP contribution in [-0.2, 0) is 9.59 Å². The van der Waals surface area contributed by atoms with Crippen molar-refractivity contribution in [2.24, 2.45) is 5.41 Å². The van der Waals surface area contributed by atoms with Crippen LogP contribution in [0.5, 0.6) is 0 Å². The molecule has 2 amide bonds. The Labute approximate surface area is 214 Å². The molecule has 182 valence electrons. The van der Waals surface area contributed by atoms with Crippen LogP contribution in [0.2, 0.25) is 5.02 Å². The van der Waals surface area contributed by atoms with E-state index in [-0.39, 0.29) is 27.8 Å². The number of carboxylic acids is 1. The number of thioether (sulfide) groups is 1. The molecule has 0 bridgehead atoms. The summed E-state index contributed by atoms with van der Waals surface area (Å²) >= 11 is 7.30. The largest absolute Gasteiger partial charge is 0.478 e. The van der Waals surface area contributed by atoms with Gasteiger partial charge in [-0.25, -0.2) is 4.79 Å². The number of hydrogen-bond donors (Lipinski definition) is 3. The molecule has 1 unspecified atom stereocenters. The molecule has 0 heterocycles. The van der Waals surface area contributed by atoms with Crippen LogP contribution < -0.4 is 10.6 Å². The van der Waals surface area contributed by atoms with E-state index in [2.05, 4.69) is 10.6 Å². The summed E-state index contributed by atoms with van der Waals surface area (Å²) in [6.07, 6.45) is 0.411. The second kappa shape index (κ2) is 11.4. The summed E-state index contributed by atoms with van der Waals surface area (Å²) in [4.78, 5) is 37.7. The molecule has 0 aromatic heterocycles. The van der Waals surface area contributed by atoms with E-state index < -0.39 is 11.2 Å². The SMILES string of the molecule is CC(C)(C)CC(=O)Nc1ccc(SC(C(=O)Nc2ccc(Cl)c(C(=O)O)c2)c2ccccc2)cc1. The van der Waals surface area contributed by atoms with Gasteiger partial charge in [-0.15, -0.1) is 11.8 Å². The van der Waals surface area contributed by atoms with Gasteiger partial charge in [-0.1, -0.05) is 62.7 Å². The second-order valence-electron chi connectivity index (χ2n) is 9.21. The zero-order valence-electron chi connectivity index (χ0n) is 19.7. The summed E-state index contributed by atoms with van der Waals surface area (Å²) in [5.41, 5.74) is 1.63. The number of aromatic carboxylic acids is 1. The van der Waals surface area contributed by atoms with Crippen molar-refractivity contribution in [1.82, 2.24) is 0 Å². The lowest BCUT2D eigenvalue weighted by Gasteiger charge is -2.18. The van der Waals surface area contributed by atoms with Gasteiger partial charge in [-0.3, -0.25) is 9.59 Å². The highest BCUT2D eigenvalue weighted by atomic mass is 35.5. The number of carboxylic acid groups (broad SMARTS) is 1. The summed E-state index contributed by atoms with van der Waals surface area (Å²) < 4.78 is 0. The first-order chi connectivity index (χ1) is 16.5. The monoisotopic (exact) mass is 510 g/mol. The Balaban J connectivity index is 1.77. The number of carbonyl (C=O) groups excluding carboxylic acids is 2. The van der Waals surface area contributed by atoms with Crippen molar-refractivity contribution in [3.8, 4) is 0 Å². The lowest BCUT2D eigenvalue weighted by atomic mass is 9.92. The number of nitrogens with one attached hydrogen (secondary N) is 2. The van der Waals surface area contributed by atoms with Gasteiger partial charge in [0.2, 0.25) is 11.8 Å². The Morgan fingerprint density at radius 3 is 2.14 bits per heavy atom. The Kier molecular flexibility index (Phi) is 8.59. The van der Waals surface area contributed by atoms with Gasteiger partial charge >= 0.3 is 5.97 Å². The third-order valence-corrected chi connectivity index (χ3v) is 6.48. The molecule has 0 saturated heterocycles. The van der Waals surface area contributed by atoms with Crippen molar-refractivity contribution in [2.75, 3.05) is 10.6 Å². The minimum Gasteiger partial charge on any atom is -0.478 e. The van der Waals surface area contributed by atoms with Crippen LogP contribution >= 0.6 is 23.4 Å². The van der Waals surface area contributed by atoms with E-state index in [0.29, 0.717) is 17.8 Å². The first-order valence-corrected chi connectivity index (χ1v) is 12.2. The summed E-state index contributed by atoms with van der Waals surface area (Å²) in [5, 5.41) is 14.5. The molecule has 0 fully saturated rings. The normalized spacial score (nSPS) is 12.0. The Morgan fingerprint density at radius 1 is 0.914 bits per heavy atom. The van der Waals surface area contributed by atoms with Crippen LogP contribution in [0.15, 0.2) is 77.7 Å². The average molecular weight is 511 g/mol. The first-order valence-electron chi connectivity index (χ1n) is 11.0. The van der Waals surface area contributed by atoms with E-state index in [1.54, 1.807) is 18.2 Å². The summed E-state index contributed by atoms with van der Waals surface area (Å²) in [7, 11) is 0. The minimum absolute atomic E-state index is 0.0527. The topological polar surface area (TPSA) is 95.5 Å². The van der Waals surface area contributed by atoms with Crippen LogP contribution in [0.25, 0.3) is 0 Å². The standard InChI is InChI=1S/C27H27ClN2O4S/c1-27(2,3)16-23(31)29-18-9-12-20(13-10-18)35-24(17-7-5-4-6-8-17)25(32)30-19-11-14-22(28)21(15-19)26(33)34/h4-15,24H,16H2,1-3H3,(H,29,31)(H,30,32)(H,33,34). The summed E-state index contributed by atoms with van der Waals surface area (Å²) in [5.74, 6) is -1.53. The fourth-order valence-corrected chi connectivity index (χ4v) is 4.54. The van der Waals surface area contributed by atoms with Gasteiger partial charge in [0.05, 0.1) is 10.6 Å². The molecule has 0 aliphatic heterocycles. The first kappa shape index (κ1) is 26.3. The van der Waals surface area contributed by atoms with Crippen molar-refractivity contribution in [1.29, 1.82) is 0 Å². The number of hydrogen-bond acceptors (Lipinski definition) is 4. The van der Waals surface area contributed by atoms with Crippen molar-refractivity contribution in [2.45, 2.75) is 37.3 Å². The van der Waals surface area contributed by atoms with Gasteiger partial charge in [0.1, 0.15) is 5.25 Å². The predicted molar refractivity (Wildman–Crippen MR) is 141 cm³/mol. The van der Waals surface area contributed by atoms with Gasteiger partial charge in [0.25, 0.3) is 0 Å². The van der Waals surface area contributed by atoms with Crippen LogP contribution in [0.1, 0.15) is 48.4 Å². The number of rotatable bonds is 8. The van der Waals surface area contributed by atoms with E-state index in [1.165, 1.54) is 23.9 Å². The quantitative estimate of drug-likeness (QED) is 0.287. The van der Waals surface area contributed by atoms with E-state index in [4.69, 9.17) is 11.6 Å². The molecule has 1 atom stereocenters. The number of anilines is 2. The van der Waals surface area contributed by atoms with Gasteiger partial charge in [-0.2, -0.15) is 0 Å². The molecule has 3 rings (SSSR count). The summed E-state index contributed by atoms with van der Waals surface area (Å²) in [6, 6.07) is 21.0. The van der Waals surface area contributed by atoms with E-state index in [0.717, 1.165) is 10.5 Å². The molecule has 0 spiro atoms. The number of carbonyl (C=O) groups is 3. The van der Waals surface area contributed by atoms with Gasteiger partial charge in [0.15, 0.2) is 0 Å². The molecule has 3 aromatic carbocycles. The van der Waals surface area contributed by atoms with Gasteiger partial charge < -0.3 is 15.7 Å². The van der Waals surface area contributed by atoms with E-state index in [1.807, 2.05) is 63.2 Å². The Bertz CT molecular complexity index is 1210. The predicted octanol–water partition coefficient (Wildman–Crippen LogP) is 6.89. The maximum absolute atomic E-state index is 13.3. The number of halogens is 1. The van der Waals surface area contributed by atoms with Crippen molar-refractivity contribution in [3.63, 3.8) is 0 Å². The van der Waals surface area contributed by atoms with Crippen molar-refractivity contribution >= 4 is 52.5 Å². The zero-order chi connectivity index (χ0) is 25.6. The molecule has 6 nitrogen and oxygen atoms in total. The third kappa shape index (κ3) is 7.87. The highest BCUT2D eigenvalue weighted by molar-refractivity contribution is 8.00. The maximum atomic E-state index is 13.3. The minimum atomic E-state index is -1.17. The Hall–Kier alpha value is -3.29. The highest BCUT2D eigenvalue weighted by Gasteiger charge is 2.23. The second-order valence-corrected chi connectivity index (χ2v) is 10.8. The molecular formula is C27H27ClN2O4S. The van der Waals surface area contributed by atoms with Crippen LogP contribution in [0, 0.1) is 5.41 Å². The van der Waals surface area contributed by atoms with Gasteiger partial charge in [-0.05, 0) is 53.4 Å². The molecule has 0 saturated carbocycles. The highest BCUT2D eigenvalue weighted by Crippen LogP contribution is 2.37. The lowest BCUT2D eigenvalue weighted by Crippen LogP contribution is -2.20. The van der Waals surface area contributed by atoms with E-state index >= 15 is 0 Å². The molecule has 0 aliphatic carbocycles. The molecule has 3 aromatic rings. The zero-order valence-corrected chi connectivity index (χ0v) is 21.2. The molecular weight excluding hydrogens is 484 g/mol. The number of amides is 2. The van der Waals surface area contributed by atoms with Crippen molar-refractivity contribution in [3.05, 3.63) is 88.9 Å². The van der Waals surface area contributed by atoms with Crippen LogP contribution in [-0.4, -0.2) is 22.9 Å². The van der Waals surface area contributed by atoms with Crippen LogP contribution in [0.3, 0.4) is 0 Å². The smallest absolute Gasteiger partial charge is 0.337 e. The average Bonchev–Trinajstić information content (AvgIpc) is 2.79. The van der Waals surface area contributed by atoms with Crippen LogP contribution in [0.4, 0.5) is 11.4 Å². The third-order valence-electron chi connectivity index (χ3n) is 4.89. The lowest BCUT2D eigenvalue weighted by molar-refractivity contribution is -0.118.